The monoisotopic (exact) mass is 250 g/mol. The lowest BCUT2D eigenvalue weighted by molar-refractivity contribution is -0.733. The molecular formula is C16H28NO+. The third-order valence-electron chi connectivity index (χ3n) is 3.53. The molecule has 0 saturated carbocycles. The maximum Gasteiger partial charge on any atom is 0.252 e. The van der Waals surface area contributed by atoms with Gasteiger partial charge in [0.2, 0.25) is 0 Å². The van der Waals surface area contributed by atoms with Gasteiger partial charge in [0.05, 0.1) is 6.61 Å². The van der Waals surface area contributed by atoms with Crippen molar-refractivity contribution in [2.24, 2.45) is 0 Å². The highest BCUT2D eigenvalue weighted by atomic mass is 16.5. The second-order valence-corrected chi connectivity index (χ2v) is 5.22. The second kappa shape index (κ2) is 8.25. The van der Waals surface area contributed by atoms with Crippen LogP contribution in [0.3, 0.4) is 0 Å². The Morgan fingerprint density at radius 1 is 0.944 bits per heavy atom. The van der Waals surface area contributed by atoms with E-state index in [1.807, 2.05) is 0 Å². The molecule has 0 saturated heterocycles. The lowest BCUT2D eigenvalue weighted by Crippen LogP contribution is -2.35. The lowest BCUT2D eigenvalue weighted by Gasteiger charge is -2.05. The van der Waals surface area contributed by atoms with Gasteiger partial charge in [0, 0.05) is 11.1 Å². The highest BCUT2D eigenvalue weighted by Crippen LogP contribution is 2.08. The van der Waals surface area contributed by atoms with E-state index in [9.17, 15) is 0 Å². The molecule has 1 rings (SSSR count). The summed E-state index contributed by atoms with van der Waals surface area (Å²) in [6.07, 6.45) is 10.8. The summed E-state index contributed by atoms with van der Waals surface area (Å²) >= 11 is 0. The minimum atomic E-state index is 0.676. The molecule has 0 fully saturated rings. The average molecular weight is 250 g/mol. The molecule has 2 nitrogen and oxygen atoms in total. The Morgan fingerprint density at radius 2 is 1.56 bits per heavy atom. The van der Waals surface area contributed by atoms with E-state index in [1.54, 1.807) is 0 Å². The summed E-state index contributed by atoms with van der Waals surface area (Å²) in [5.74, 6) is 0. The van der Waals surface area contributed by atoms with Crippen molar-refractivity contribution in [3.05, 3.63) is 29.1 Å². The normalized spacial score (nSPS) is 10.9. The van der Waals surface area contributed by atoms with Crippen LogP contribution in [0.4, 0.5) is 0 Å². The van der Waals surface area contributed by atoms with Gasteiger partial charge in [-0.15, -0.1) is 0 Å². The highest BCUT2D eigenvalue weighted by molar-refractivity contribution is 5.25. The van der Waals surface area contributed by atoms with Gasteiger partial charge in [-0.1, -0.05) is 32.6 Å². The zero-order valence-electron chi connectivity index (χ0n) is 12.5. The standard InChI is InChI=1S/C16H28NO/c1-5-6-7-8-9-10-18-13-17-11-14(2)16(4)15(3)12-17/h11-12H,5-10,13H2,1-4H3/q+1. The molecule has 0 radical (unpaired) electrons. The molecular weight excluding hydrogens is 222 g/mol. The van der Waals surface area contributed by atoms with E-state index in [2.05, 4.69) is 44.7 Å². The molecule has 0 unspecified atom stereocenters. The zero-order chi connectivity index (χ0) is 13.4. The maximum absolute atomic E-state index is 5.71. The number of rotatable bonds is 8. The molecule has 1 heterocycles. The van der Waals surface area contributed by atoms with Crippen LogP contribution in [0.25, 0.3) is 0 Å². The largest absolute Gasteiger partial charge is 0.323 e. The number of nitrogens with zero attached hydrogens (tertiary/aromatic N) is 1. The van der Waals surface area contributed by atoms with Crippen LogP contribution < -0.4 is 4.57 Å². The summed E-state index contributed by atoms with van der Waals surface area (Å²) in [7, 11) is 0. The van der Waals surface area contributed by atoms with Crippen molar-refractivity contribution < 1.29 is 9.30 Å². The first-order valence-corrected chi connectivity index (χ1v) is 7.19. The van der Waals surface area contributed by atoms with Gasteiger partial charge < -0.3 is 4.74 Å². The third-order valence-corrected chi connectivity index (χ3v) is 3.53. The van der Waals surface area contributed by atoms with Crippen molar-refractivity contribution in [3.63, 3.8) is 0 Å². The number of hydrogen-bond donors (Lipinski definition) is 0. The van der Waals surface area contributed by atoms with Gasteiger partial charge in [0.1, 0.15) is 0 Å². The summed E-state index contributed by atoms with van der Waals surface area (Å²) in [6, 6.07) is 0. The third kappa shape index (κ3) is 5.18. The van der Waals surface area contributed by atoms with Crippen LogP contribution in [0.15, 0.2) is 12.4 Å². The molecule has 0 N–H and O–H groups in total. The van der Waals surface area contributed by atoms with Crippen LogP contribution in [0.1, 0.15) is 55.7 Å². The molecule has 0 atom stereocenters. The Morgan fingerprint density at radius 3 is 2.17 bits per heavy atom. The molecule has 0 aromatic carbocycles. The zero-order valence-corrected chi connectivity index (χ0v) is 12.5. The van der Waals surface area contributed by atoms with Crippen molar-refractivity contribution >= 4 is 0 Å². The topological polar surface area (TPSA) is 13.1 Å². The fourth-order valence-electron chi connectivity index (χ4n) is 2.09. The molecule has 0 bridgehead atoms. The maximum atomic E-state index is 5.71. The Hall–Kier alpha value is -0.890. The quantitative estimate of drug-likeness (QED) is 0.504. The molecule has 2 heteroatoms. The van der Waals surface area contributed by atoms with E-state index < -0.39 is 0 Å². The second-order valence-electron chi connectivity index (χ2n) is 5.22. The number of aryl methyl sites for hydroxylation is 2. The number of aromatic nitrogens is 1. The number of unbranched alkanes of at least 4 members (excludes halogenated alkanes) is 4. The molecule has 0 spiro atoms. The Balaban J connectivity index is 2.23. The summed E-state index contributed by atoms with van der Waals surface area (Å²) in [6.45, 7) is 10.3. The summed E-state index contributed by atoms with van der Waals surface area (Å²) in [5, 5.41) is 0. The van der Waals surface area contributed by atoms with Gasteiger partial charge >= 0.3 is 0 Å². The Bertz CT molecular complexity index is 337. The molecule has 0 aliphatic rings. The van der Waals surface area contributed by atoms with Crippen LogP contribution in [-0.4, -0.2) is 6.61 Å². The average Bonchev–Trinajstić information content (AvgIpc) is 2.34. The van der Waals surface area contributed by atoms with Crippen LogP contribution >= 0.6 is 0 Å². The van der Waals surface area contributed by atoms with E-state index >= 15 is 0 Å². The van der Waals surface area contributed by atoms with Gasteiger partial charge in [-0.3, -0.25) is 0 Å². The summed E-state index contributed by atoms with van der Waals surface area (Å²) < 4.78 is 7.86. The fourth-order valence-corrected chi connectivity index (χ4v) is 2.09. The molecule has 18 heavy (non-hydrogen) atoms. The van der Waals surface area contributed by atoms with Crippen molar-refractivity contribution in [3.8, 4) is 0 Å². The first-order valence-electron chi connectivity index (χ1n) is 7.19. The number of hydrogen-bond acceptors (Lipinski definition) is 1. The summed E-state index contributed by atoms with van der Waals surface area (Å²) in [4.78, 5) is 0. The van der Waals surface area contributed by atoms with Crippen LogP contribution in [-0.2, 0) is 11.5 Å². The van der Waals surface area contributed by atoms with Crippen molar-refractivity contribution in [2.75, 3.05) is 6.61 Å². The van der Waals surface area contributed by atoms with E-state index in [4.69, 9.17) is 4.74 Å². The van der Waals surface area contributed by atoms with Gasteiger partial charge in [-0.25, -0.2) is 0 Å². The smallest absolute Gasteiger partial charge is 0.252 e. The SMILES string of the molecule is CCCCCCCOC[n+]1cc(C)c(C)c(C)c1. The molecule has 0 amide bonds. The van der Waals surface area contributed by atoms with E-state index in [0.29, 0.717) is 6.73 Å². The minimum Gasteiger partial charge on any atom is -0.323 e. The van der Waals surface area contributed by atoms with Crippen LogP contribution in [0, 0.1) is 20.8 Å². The number of ether oxygens (including phenoxy) is 1. The predicted octanol–water partition coefficient (Wildman–Crippen LogP) is 3.84. The van der Waals surface area contributed by atoms with E-state index in [-0.39, 0.29) is 0 Å². The highest BCUT2D eigenvalue weighted by Gasteiger charge is 2.06. The Kier molecular flexibility index (Phi) is 6.96. The molecule has 0 aliphatic heterocycles. The van der Waals surface area contributed by atoms with E-state index in [0.717, 1.165) is 6.61 Å². The summed E-state index contributed by atoms with van der Waals surface area (Å²) in [5.41, 5.74) is 4.05. The van der Waals surface area contributed by atoms with Gasteiger partial charge in [0.25, 0.3) is 6.73 Å². The van der Waals surface area contributed by atoms with Crippen LogP contribution in [0.2, 0.25) is 0 Å². The Labute approximate surface area is 112 Å². The first kappa shape index (κ1) is 15.2. The number of pyridine rings is 1. The molecule has 1 aromatic heterocycles. The van der Waals surface area contributed by atoms with E-state index in [1.165, 1.54) is 48.8 Å². The molecule has 102 valence electrons. The fraction of sp³-hybridized carbons (Fsp3) is 0.688. The molecule has 0 aliphatic carbocycles. The van der Waals surface area contributed by atoms with Crippen molar-refractivity contribution in [2.45, 2.75) is 66.5 Å². The molecule has 1 aromatic rings. The van der Waals surface area contributed by atoms with Gasteiger partial charge in [0.15, 0.2) is 12.4 Å². The lowest BCUT2D eigenvalue weighted by atomic mass is 10.1. The minimum absolute atomic E-state index is 0.676. The van der Waals surface area contributed by atoms with Gasteiger partial charge in [-0.2, -0.15) is 4.57 Å². The van der Waals surface area contributed by atoms with Gasteiger partial charge in [-0.05, 0) is 32.8 Å². The predicted molar refractivity (Wildman–Crippen MR) is 75.6 cm³/mol. The van der Waals surface area contributed by atoms with Crippen LogP contribution in [0.5, 0.6) is 0 Å². The van der Waals surface area contributed by atoms with Crippen molar-refractivity contribution in [1.82, 2.24) is 0 Å². The van der Waals surface area contributed by atoms with Crippen molar-refractivity contribution in [1.29, 1.82) is 0 Å². The first-order chi connectivity index (χ1) is 8.65.